The molecule has 0 saturated carbocycles. The van der Waals surface area contributed by atoms with Crippen molar-refractivity contribution in [1.82, 2.24) is 10.6 Å². The highest BCUT2D eigenvalue weighted by Gasteiger charge is 2.21. The summed E-state index contributed by atoms with van der Waals surface area (Å²) < 4.78 is 0. The van der Waals surface area contributed by atoms with Crippen LogP contribution in [-0.4, -0.2) is 25.0 Å². The van der Waals surface area contributed by atoms with E-state index in [0.29, 0.717) is 6.42 Å². The second kappa shape index (κ2) is 4.98. The summed E-state index contributed by atoms with van der Waals surface area (Å²) in [5.74, 6) is 0.153. The average molecular weight is 245 g/mol. The lowest BCUT2D eigenvalue weighted by Crippen LogP contribution is -2.31. The number of anilines is 1. The zero-order valence-electron chi connectivity index (χ0n) is 10.5. The normalized spacial score (nSPS) is 22.2. The molecule has 1 aromatic carbocycles. The molecule has 2 aliphatic rings. The smallest absolute Gasteiger partial charge is 0.221 e. The van der Waals surface area contributed by atoms with Crippen molar-refractivity contribution in [2.75, 3.05) is 18.4 Å². The second-order valence-electron chi connectivity index (χ2n) is 5.07. The molecule has 1 amide bonds. The maximum Gasteiger partial charge on any atom is 0.221 e. The number of carbonyl (C=O) groups is 1. The van der Waals surface area contributed by atoms with Crippen LogP contribution in [0.5, 0.6) is 0 Å². The third-order valence-corrected chi connectivity index (χ3v) is 3.72. The van der Waals surface area contributed by atoms with Crippen molar-refractivity contribution in [3.8, 4) is 0 Å². The molecule has 1 aromatic rings. The maximum absolute atomic E-state index is 11.1. The van der Waals surface area contributed by atoms with Crippen LogP contribution in [0.1, 0.15) is 24.0 Å². The van der Waals surface area contributed by atoms with Gasteiger partial charge in [-0.3, -0.25) is 4.79 Å². The van der Waals surface area contributed by atoms with Crippen molar-refractivity contribution in [2.24, 2.45) is 0 Å². The molecule has 3 N–H and O–H groups in total. The molecule has 0 aromatic heterocycles. The van der Waals surface area contributed by atoms with E-state index >= 15 is 0 Å². The van der Waals surface area contributed by atoms with E-state index in [1.165, 1.54) is 29.7 Å². The lowest BCUT2D eigenvalue weighted by molar-refractivity contribution is -0.119. The van der Waals surface area contributed by atoms with Gasteiger partial charge >= 0.3 is 0 Å². The fourth-order valence-electron chi connectivity index (χ4n) is 2.73. The van der Waals surface area contributed by atoms with Gasteiger partial charge in [0.05, 0.1) is 0 Å². The van der Waals surface area contributed by atoms with Crippen molar-refractivity contribution in [3.63, 3.8) is 0 Å². The average Bonchev–Trinajstić information content (AvgIpc) is 2.82. The summed E-state index contributed by atoms with van der Waals surface area (Å²) in [7, 11) is 0. The Morgan fingerprint density at radius 3 is 3.11 bits per heavy atom. The molecular formula is C14H19N3O. The van der Waals surface area contributed by atoms with E-state index < -0.39 is 0 Å². The molecule has 2 aliphatic heterocycles. The highest BCUT2D eigenvalue weighted by Crippen LogP contribution is 2.26. The summed E-state index contributed by atoms with van der Waals surface area (Å²) in [5.41, 5.74) is 4.03. The number of benzene rings is 1. The zero-order valence-corrected chi connectivity index (χ0v) is 10.5. The first-order valence-electron chi connectivity index (χ1n) is 6.67. The number of amides is 1. The predicted octanol–water partition coefficient (Wildman–Crippen LogP) is 1.02. The van der Waals surface area contributed by atoms with Crippen molar-refractivity contribution < 1.29 is 4.79 Å². The number of carbonyl (C=O) groups excluding carboxylic acids is 1. The van der Waals surface area contributed by atoms with Gasteiger partial charge in [-0.25, -0.2) is 0 Å². The van der Waals surface area contributed by atoms with E-state index in [0.717, 1.165) is 19.6 Å². The highest BCUT2D eigenvalue weighted by molar-refractivity contribution is 5.78. The van der Waals surface area contributed by atoms with E-state index in [1.807, 2.05) is 0 Å². The van der Waals surface area contributed by atoms with Crippen LogP contribution in [0.4, 0.5) is 5.69 Å². The van der Waals surface area contributed by atoms with Gasteiger partial charge in [0.2, 0.25) is 5.91 Å². The Labute approximate surface area is 107 Å². The van der Waals surface area contributed by atoms with E-state index in [-0.39, 0.29) is 11.9 Å². The number of hydrogen-bond acceptors (Lipinski definition) is 3. The van der Waals surface area contributed by atoms with Crippen molar-refractivity contribution >= 4 is 11.6 Å². The van der Waals surface area contributed by atoms with Gasteiger partial charge < -0.3 is 16.0 Å². The van der Waals surface area contributed by atoms with Gasteiger partial charge in [0.25, 0.3) is 0 Å². The van der Waals surface area contributed by atoms with E-state index in [2.05, 4.69) is 34.1 Å². The molecule has 0 spiro atoms. The molecule has 1 atom stereocenters. The first-order chi connectivity index (χ1) is 8.83. The van der Waals surface area contributed by atoms with Gasteiger partial charge in [-0.1, -0.05) is 18.2 Å². The molecule has 0 aliphatic carbocycles. The Bertz CT molecular complexity index is 458. The summed E-state index contributed by atoms with van der Waals surface area (Å²) in [6, 6.07) is 6.76. The molecule has 0 radical (unpaired) electrons. The van der Waals surface area contributed by atoms with Crippen LogP contribution in [0, 0.1) is 0 Å². The number of fused-ring (bicyclic) bond motifs is 1. The van der Waals surface area contributed by atoms with Gasteiger partial charge in [0, 0.05) is 37.8 Å². The Kier molecular flexibility index (Phi) is 3.19. The highest BCUT2D eigenvalue weighted by atomic mass is 16.1. The van der Waals surface area contributed by atoms with Crippen molar-refractivity contribution in [3.05, 3.63) is 29.3 Å². The fourth-order valence-corrected chi connectivity index (χ4v) is 2.73. The van der Waals surface area contributed by atoms with Crippen LogP contribution in [0.3, 0.4) is 0 Å². The van der Waals surface area contributed by atoms with E-state index in [9.17, 15) is 4.79 Å². The molecule has 1 unspecified atom stereocenters. The summed E-state index contributed by atoms with van der Waals surface area (Å²) in [5, 5.41) is 9.80. The minimum atomic E-state index is 0.153. The summed E-state index contributed by atoms with van der Waals surface area (Å²) in [6.07, 6.45) is 2.98. The minimum Gasteiger partial charge on any atom is -0.385 e. The number of rotatable bonds is 3. The largest absolute Gasteiger partial charge is 0.385 e. The third-order valence-electron chi connectivity index (χ3n) is 3.72. The SMILES string of the molecule is O=C1CC(NCc2cccc3c2NCCC3)CN1. The predicted molar refractivity (Wildman–Crippen MR) is 71.5 cm³/mol. The molecule has 4 nitrogen and oxygen atoms in total. The molecule has 18 heavy (non-hydrogen) atoms. The molecule has 2 heterocycles. The quantitative estimate of drug-likeness (QED) is 0.745. The molecule has 1 fully saturated rings. The van der Waals surface area contributed by atoms with E-state index in [4.69, 9.17) is 0 Å². The third kappa shape index (κ3) is 2.34. The Morgan fingerprint density at radius 2 is 2.28 bits per heavy atom. The molecule has 0 bridgehead atoms. The van der Waals surface area contributed by atoms with Crippen molar-refractivity contribution in [1.29, 1.82) is 0 Å². The van der Waals surface area contributed by atoms with Crippen LogP contribution in [0.2, 0.25) is 0 Å². The van der Waals surface area contributed by atoms with Gasteiger partial charge in [-0.05, 0) is 24.0 Å². The van der Waals surface area contributed by atoms with Gasteiger partial charge in [0.1, 0.15) is 0 Å². The lowest BCUT2D eigenvalue weighted by atomic mass is 9.99. The van der Waals surface area contributed by atoms with E-state index in [1.54, 1.807) is 0 Å². The number of nitrogens with one attached hydrogen (secondary N) is 3. The van der Waals surface area contributed by atoms with Crippen LogP contribution >= 0.6 is 0 Å². The van der Waals surface area contributed by atoms with Gasteiger partial charge in [0.15, 0.2) is 0 Å². The Morgan fingerprint density at radius 1 is 1.33 bits per heavy atom. The minimum absolute atomic E-state index is 0.153. The summed E-state index contributed by atoms with van der Waals surface area (Å²) in [4.78, 5) is 11.1. The van der Waals surface area contributed by atoms with Crippen LogP contribution in [-0.2, 0) is 17.8 Å². The van der Waals surface area contributed by atoms with Gasteiger partial charge in [-0.2, -0.15) is 0 Å². The first kappa shape index (κ1) is 11.5. The maximum atomic E-state index is 11.1. The standard InChI is InChI=1S/C14H19N3O/c18-13-7-12(9-17-13)16-8-11-4-1-3-10-5-2-6-15-14(10)11/h1,3-4,12,15-16H,2,5-9H2,(H,17,18). The number of aryl methyl sites for hydroxylation is 1. The molecule has 96 valence electrons. The fraction of sp³-hybridized carbons (Fsp3) is 0.500. The first-order valence-corrected chi connectivity index (χ1v) is 6.67. The monoisotopic (exact) mass is 245 g/mol. The molecule has 1 saturated heterocycles. The molecular weight excluding hydrogens is 226 g/mol. The van der Waals surface area contributed by atoms with Crippen molar-refractivity contribution in [2.45, 2.75) is 31.8 Å². The molecule has 3 rings (SSSR count). The Hall–Kier alpha value is -1.55. The topological polar surface area (TPSA) is 53.2 Å². The van der Waals surface area contributed by atoms with Crippen LogP contribution in [0.15, 0.2) is 18.2 Å². The van der Waals surface area contributed by atoms with Gasteiger partial charge in [-0.15, -0.1) is 0 Å². The number of para-hydroxylation sites is 1. The summed E-state index contributed by atoms with van der Waals surface area (Å²) in [6.45, 7) is 2.64. The Balaban J connectivity index is 1.67. The molecule has 4 heteroatoms. The lowest BCUT2D eigenvalue weighted by Gasteiger charge is -2.22. The zero-order chi connectivity index (χ0) is 12.4. The number of hydrogen-bond donors (Lipinski definition) is 3. The second-order valence-corrected chi connectivity index (χ2v) is 5.07. The van der Waals surface area contributed by atoms with Crippen LogP contribution in [0.25, 0.3) is 0 Å². The van der Waals surface area contributed by atoms with Crippen LogP contribution < -0.4 is 16.0 Å². The summed E-state index contributed by atoms with van der Waals surface area (Å²) >= 11 is 0.